The summed E-state index contributed by atoms with van der Waals surface area (Å²) < 4.78 is 11.3. The van der Waals surface area contributed by atoms with Crippen LogP contribution in [0.4, 0.5) is 5.69 Å². The number of para-hydroxylation sites is 2. The molecule has 0 radical (unpaired) electrons. The zero-order chi connectivity index (χ0) is 19.6. The summed E-state index contributed by atoms with van der Waals surface area (Å²) in [5.74, 6) is 1.62. The first-order valence-electron chi connectivity index (χ1n) is 9.06. The lowest BCUT2D eigenvalue weighted by Crippen LogP contribution is -2.34. The zero-order valence-electron chi connectivity index (χ0n) is 16.0. The second kappa shape index (κ2) is 10.5. The maximum Gasteiger partial charge on any atom is 0.257 e. The zero-order valence-corrected chi connectivity index (χ0v) is 16.8. The van der Waals surface area contributed by atoms with Gasteiger partial charge in [0.2, 0.25) is 0 Å². The number of rotatable bonds is 8. The van der Waals surface area contributed by atoms with E-state index in [1.54, 1.807) is 18.2 Å². The Morgan fingerprint density at radius 1 is 1.11 bits per heavy atom. The predicted octanol–water partition coefficient (Wildman–Crippen LogP) is 4.64. The van der Waals surface area contributed by atoms with Gasteiger partial charge in [-0.2, -0.15) is 0 Å². The smallest absolute Gasteiger partial charge is 0.257 e. The lowest BCUT2D eigenvalue weighted by Gasteiger charge is -2.14. The van der Waals surface area contributed by atoms with E-state index in [4.69, 9.17) is 21.7 Å². The van der Waals surface area contributed by atoms with E-state index in [9.17, 15) is 4.79 Å². The number of carbonyl (C=O) groups is 1. The molecule has 0 aromatic heterocycles. The lowest BCUT2D eigenvalue weighted by atomic mass is 10.1. The van der Waals surface area contributed by atoms with Crippen LogP contribution in [0.2, 0.25) is 0 Å². The van der Waals surface area contributed by atoms with Crippen LogP contribution in [-0.2, 0) is 0 Å². The molecule has 2 aromatic carbocycles. The number of anilines is 1. The maximum absolute atomic E-state index is 12.5. The van der Waals surface area contributed by atoms with Crippen molar-refractivity contribution in [1.29, 1.82) is 0 Å². The minimum atomic E-state index is -0.296. The normalized spacial score (nSPS) is 10.4. The van der Waals surface area contributed by atoms with E-state index < -0.39 is 0 Å². The van der Waals surface area contributed by atoms with E-state index in [0.29, 0.717) is 41.9 Å². The molecular weight excluding hydrogens is 360 g/mol. The number of amides is 1. The average Bonchev–Trinajstić information content (AvgIpc) is 2.63. The fourth-order valence-corrected chi connectivity index (χ4v) is 2.52. The van der Waals surface area contributed by atoms with Crippen LogP contribution in [0.5, 0.6) is 11.5 Å². The van der Waals surface area contributed by atoms with Crippen LogP contribution in [0, 0.1) is 5.92 Å². The number of thiocarbonyl (C=S) groups is 1. The number of ether oxygens (including phenoxy) is 2. The van der Waals surface area contributed by atoms with Crippen molar-refractivity contribution in [3.05, 3.63) is 54.1 Å². The van der Waals surface area contributed by atoms with Gasteiger partial charge < -0.3 is 14.8 Å². The molecule has 2 N–H and O–H groups in total. The van der Waals surface area contributed by atoms with Gasteiger partial charge in [0.15, 0.2) is 5.11 Å². The minimum Gasteiger partial charge on any atom is -0.494 e. The van der Waals surface area contributed by atoms with Crippen molar-refractivity contribution in [2.24, 2.45) is 5.92 Å². The van der Waals surface area contributed by atoms with Crippen LogP contribution < -0.4 is 20.1 Å². The third-order valence-corrected chi connectivity index (χ3v) is 3.93. The fourth-order valence-electron chi connectivity index (χ4n) is 2.32. The summed E-state index contributed by atoms with van der Waals surface area (Å²) in [7, 11) is 0. The molecule has 1 amide bonds. The number of carbonyl (C=O) groups excluding carboxylic acids is 1. The molecule has 27 heavy (non-hydrogen) atoms. The fraction of sp³-hybridized carbons (Fsp3) is 0.333. The van der Waals surface area contributed by atoms with Crippen LogP contribution >= 0.6 is 12.2 Å². The monoisotopic (exact) mass is 386 g/mol. The van der Waals surface area contributed by atoms with E-state index in [2.05, 4.69) is 24.5 Å². The molecule has 2 rings (SSSR count). The Kier molecular flexibility index (Phi) is 8.07. The highest BCUT2D eigenvalue weighted by Gasteiger charge is 2.11. The standard InChI is InChI=1S/C21H26N2O3S/c1-4-25-19-11-6-5-10-18(19)22-21(27)23-20(24)16-8-7-9-17(14-16)26-13-12-15(2)3/h5-11,14-15H,4,12-13H2,1-3H3,(H2,22,23,24,27). The van der Waals surface area contributed by atoms with Crippen LogP contribution in [0.1, 0.15) is 37.6 Å². The number of nitrogens with one attached hydrogen (secondary N) is 2. The largest absolute Gasteiger partial charge is 0.494 e. The molecule has 0 spiro atoms. The third-order valence-electron chi connectivity index (χ3n) is 3.72. The number of hydrogen-bond donors (Lipinski definition) is 2. The van der Waals surface area contributed by atoms with Crippen molar-refractivity contribution in [3.8, 4) is 11.5 Å². The molecule has 2 aromatic rings. The van der Waals surface area contributed by atoms with Gasteiger partial charge in [-0.25, -0.2) is 0 Å². The molecule has 0 heterocycles. The Balaban J connectivity index is 1.95. The molecule has 0 aliphatic rings. The van der Waals surface area contributed by atoms with Crippen LogP contribution in [0.3, 0.4) is 0 Å². The summed E-state index contributed by atoms with van der Waals surface area (Å²) in [5, 5.41) is 5.89. The Morgan fingerprint density at radius 3 is 2.63 bits per heavy atom. The summed E-state index contributed by atoms with van der Waals surface area (Å²) in [4.78, 5) is 12.5. The molecule has 0 fully saturated rings. The molecule has 0 atom stereocenters. The first kappa shape index (κ1) is 20.7. The SMILES string of the molecule is CCOc1ccccc1NC(=S)NC(=O)c1cccc(OCCC(C)C)c1. The van der Waals surface area contributed by atoms with Gasteiger partial charge >= 0.3 is 0 Å². The Hall–Kier alpha value is -2.60. The van der Waals surface area contributed by atoms with Gasteiger partial charge in [0.05, 0.1) is 18.9 Å². The Labute approximate surface area is 166 Å². The number of benzene rings is 2. The molecular formula is C21H26N2O3S. The summed E-state index contributed by atoms with van der Waals surface area (Å²) >= 11 is 5.26. The van der Waals surface area contributed by atoms with E-state index >= 15 is 0 Å². The Morgan fingerprint density at radius 2 is 1.89 bits per heavy atom. The molecule has 0 aliphatic heterocycles. The van der Waals surface area contributed by atoms with E-state index in [-0.39, 0.29) is 11.0 Å². The van der Waals surface area contributed by atoms with E-state index in [0.717, 1.165) is 6.42 Å². The summed E-state index contributed by atoms with van der Waals surface area (Å²) in [6.07, 6.45) is 0.962. The first-order chi connectivity index (χ1) is 13.0. The van der Waals surface area contributed by atoms with Crippen LogP contribution in [0.25, 0.3) is 0 Å². The van der Waals surface area contributed by atoms with Gasteiger partial charge in [-0.15, -0.1) is 0 Å². The first-order valence-corrected chi connectivity index (χ1v) is 9.47. The second-order valence-corrected chi connectivity index (χ2v) is 6.80. The van der Waals surface area contributed by atoms with Gasteiger partial charge in [0.1, 0.15) is 11.5 Å². The van der Waals surface area contributed by atoms with Crippen molar-refractivity contribution in [1.82, 2.24) is 5.32 Å². The molecule has 144 valence electrons. The van der Waals surface area contributed by atoms with Crippen LogP contribution in [0.15, 0.2) is 48.5 Å². The topological polar surface area (TPSA) is 59.6 Å². The molecule has 6 heteroatoms. The molecule has 5 nitrogen and oxygen atoms in total. The van der Waals surface area contributed by atoms with Gasteiger partial charge in [-0.05, 0) is 61.8 Å². The molecule has 0 saturated heterocycles. The van der Waals surface area contributed by atoms with Gasteiger partial charge in [0.25, 0.3) is 5.91 Å². The van der Waals surface area contributed by atoms with Crippen molar-refractivity contribution in [2.75, 3.05) is 18.5 Å². The van der Waals surface area contributed by atoms with Gasteiger partial charge in [-0.1, -0.05) is 32.0 Å². The van der Waals surface area contributed by atoms with E-state index in [1.807, 2.05) is 37.3 Å². The van der Waals surface area contributed by atoms with Gasteiger partial charge in [0, 0.05) is 5.56 Å². The maximum atomic E-state index is 12.5. The minimum absolute atomic E-state index is 0.207. The molecule has 0 aliphatic carbocycles. The van der Waals surface area contributed by atoms with E-state index in [1.165, 1.54) is 0 Å². The number of hydrogen-bond acceptors (Lipinski definition) is 4. The van der Waals surface area contributed by atoms with Crippen molar-refractivity contribution < 1.29 is 14.3 Å². The quantitative estimate of drug-likeness (QED) is 0.648. The van der Waals surface area contributed by atoms with Crippen molar-refractivity contribution in [3.63, 3.8) is 0 Å². The van der Waals surface area contributed by atoms with Crippen LogP contribution in [-0.4, -0.2) is 24.2 Å². The van der Waals surface area contributed by atoms with Gasteiger partial charge in [-0.3, -0.25) is 10.1 Å². The highest BCUT2D eigenvalue weighted by molar-refractivity contribution is 7.80. The highest BCUT2D eigenvalue weighted by atomic mass is 32.1. The third kappa shape index (κ3) is 6.90. The summed E-state index contributed by atoms with van der Waals surface area (Å²) in [6, 6.07) is 14.5. The predicted molar refractivity (Wildman–Crippen MR) is 113 cm³/mol. The molecule has 0 saturated carbocycles. The lowest BCUT2D eigenvalue weighted by molar-refractivity contribution is 0.0977. The van der Waals surface area contributed by atoms with Crippen molar-refractivity contribution >= 4 is 28.9 Å². The highest BCUT2D eigenvalue weighted by Crippen LogP contribution is 2.23. The average molecular weight is 387 g/mol. The molecule has 0 unspecified atom stereocenters. The van der Waals surface area contributed by atoms with Crippen molar-refractivity contribution in [2.45, 2.75) is 27.2 Å². The summed E-state index contributed by atoms with van der Waals surface area (Å²) in [5.41, 5.74) is 1.19. The summed E-state index contributed by atoms with van der Waals surface area (Å²) in [6.45, 7) is 7.36. The second-order valence-electron chi connectivity index (χ2n) is 6.40. The Bertz CT molecular complexity index is 778. The molecule has 0 bridgehead atoms.